The number of aromatic nitrogens is 1. The van der Waals surface area contributed by atoms with E-state index in [0.29, 0.717) is 11.7 Å². The van der Waals surface area contributed by atoms with Gasteiger partial charge in [0, 0.05) is 4.47 Å². The fraction of sp³-hybridized carbons (Fsp3) is 0. The van der Waals surface area contributed by atoms with E-state index in [1.165, 1.54) is 0 Å². The zero-order valence-electron chi connectivity index (χ0n) is 7.61. The van der Waals surface area contributed by atoms with Crippen LogP contribution < -0.4 is 0 Å². The van der Waals surface area contributed by atoms with Gasteiger partial charge in [0.05, 0.1) is 6.26 Å². The topological polar surface area (TPSA) is 39.2 Å². The number of hydrogen-bond donors (Lipinski definition) is 0. The van der Waals surface area contributed by atoms with Crippen LogP contribution in [0.2, 0.25) is 0 Å². The Labute approximate surface area is 93.8 Å². The monoisotopic (exact) mass is 263 g/mol. The van der Waals surface area contributed by atoms with Gasteiger partial charge >= 0.3 is 0 Å². The summed E-state index contributed by atoms with van der Waals surface area (Å²) in [5.41, 5.74) is 1.57. The molecule has 0 aliphatic rings. The highest BCUT2D eigenvalue weighted by Crippen LogP contribution is 2.26. The predicted octanol–water partition coefficient (Wildman–Crippen LogP) is 3.85. The molecule has 1 aromatic carbocycles. The fourth-order valence-electron chi connectivity index (χ4n) is 1.40. The summed E-state index contributed by atoms with van der Waals surface area (Å²) in [6, 6.07) is 9.33. The van der Waals surface area contributed by atoms with Crippen LogP contribution >= 0.6 is 15.9 Å². The summed E-state index contributed by atoms with van der Waals surface area (Å²) in [5.74, 6) is 1.15. The first-order chi connectivity index (χ1) is 7.33. The average Bonchev–Trinajstić information content (AvgIpc) is 2.84. The summed E-state index contributed by atoms with van der Waals surface area (Å²) in [7, 11) is 0. The van der Waals surface area contributed by atoms with Crippen molar-refractivity contribution in [3.8, 4) is 11.7 Å². The molecule has 0 aliphatic carbocycles. The Hall–Kier alpha value is -1.55. The maximum absolute atomic E-state index is 5.56. The number of halogens is 1. The van der Waals surface area contributed by atoms with Crippen molar-refractivity contribution in [3.63, 3.8) is 0 Å². The quantitative estimate of drug-likeness (QED) is 0.670. The number of oxazole rings is 1. The van der Waals surface area contributed by atoms with Crippen molar-refractivity contribution in [1.29, 1.82) is 0 Å². The molecule has 0 saturated heterocycles. The summed E-state index contributed by atoms with van der Waals surface area (Å²) in [5, 5.41) is 0. The Kier molecular flexibility index (Phi) is 1.89. The molecule has 2 aromatic heterocycles. The van der Waals surface area contributed by atoms with Crippen LogP contribution in [0.25, 0.3) is 22.8 Å². The predicted molar refractivity (Wildman–Crippen MR) is 59.4 cm³/mol. The third-order valence-electron chi connectivity index (χ3n) is 2.08. The van der Waals surface area contributed by atoms with Gasteiger partial charge in [-0.15, -0.1) is 0 Å². The van der Waals surface area contributed by atoms with Gasteiger partial charge in [0.2, 0.25) is 0 Å². The van der Waals surface area contributed by atoms with E-state index < -0.39 is 0 Å². The van der Waals surface area contributed by atoms with E-state index in [1.54, 1.807) is 12.3 Å². The van der Waals surface area contributed by atoms with Crippen LogP contribution in [0.3, 0.4) is 0 Å². The van der Waals surface area contributed by atoms with Crippen LogP contribution in [-0.2, 0) is 0 Å². The minimum Gasteiger partial charge on any atom is -0.459 e. The van der Waals surface area contributed by atoms with Crippen molar-refractivity contribution in [2.45, 2.75) is 0 Å². The first-order valence-electron chi connectivity index (χ1n) is 4.43. The largest absolute Gasteiger partial charge is 0.459 e. The molecular formula is C11H6BrNO2. The molecule has 4 heteroatoms. The summed E-state index contributed by atoms with van der Waals surface area (Å²) >= 11 is 3.38. The van der Waals surface area contributed by atoms with Crippen molar-refractivity contribution in [3.05, 3.63) is 41.1 Å². The van der Waals surface area contributed by atoms with Gasteiger partial charge in [-0.25, -0.2) is 4.98 Å². The standard InChI is InChI=1S/C11H6BrNO2/c12-7-3-4-8-10(6-7)15-11(13-8)9-2-1-5-14-9/h1-6H. The lowest BCUT2D eigenvalue weighted by molar-refractivity contribution is 0.535. The van der Waals surface area contributed by atoms with E-state index in [2.05, 4.69) is 20.9 Å². The molecule has 15 heavy (non-hydrogen) atoms. The maximum atomic E-state index is 5.56. The summed E-state index contributed by atoms with van der Waals surface area (Å²) in [6.07, 6.45) is 1.60. The fourth-order valence-corrected chi connectivity index (χ4v) is 1.74. The summed E-state index contributed by atoms with van der Waals surface area (Å²) in [6.45, 7) is 0. The molecule has 0 unspecified atom stereocenters. The van der Waals surface area contributed by atoms with Crippen LogP contribution in [0, 0.1) is 0 Å². The van der Waals surface area contributed by atoms with Crippen LogP contribution in [0.15, 0.2) is 49.9 Å². The molecule has 0 spiro atoms. The molecule has 3 nitrogen and oxygen atoms in total. The summed E-state index contributed by atoms with van der Waals surface area (Å²) in [4.78, 5) is 4.32. The Morgan fingerprint density at radius 3 is 2.93 bits per heavy atom. The van der Waals surface area contributed by atoms with Crippen LogP contribution in [0.5, 0.6) is 0 Å². The molecular weight excluding hydrogens is 258 g/mol. The molecule has 0 fully saturated rings. The van der Waals surface area contributed by atoms with Crippen LogP contribution in [-0.4, -0.2) is 4.98 Å². The number of hydrogen-bond acceptors (Lipinski definition) is 3. The van der Waals surface area contributed by atoms with Gasteiger partial charge in [-0.3, -0.25) is 0 Å². The van der Waals surface area contributed by atoms with Gasteiger partial charge in [-0.1, -0.05) is 15.9 Å². The van der Waals surface area contributed by atoms with E-state index >= 15 is 0 Å². The summed E-state index contributed by atoms with van der Waals surface area (Å²) < 4.78 is 11.7. The minimum atomic E-state index is 0.508. The molecule has 3 aromatic rings. The van der Waals surface area contributed by atoms with Gasteiger partial charge in [-0.05, 0) is 30.3 Å². The van der Waals surface area contributed by atoms with Gasteiger partial charge in [-0.2, -0.15) is 0 Å². The second kappa shape index (κ2) is 3.24. The lowest BCUT2D eigenvalue weighted by Crippen LogP contribution is -1.70. The second-order valence-corrected chi connectivity index (χ2v) is 4.02. The van der Waals surface area contributed by atoms with Crippen molar-refractivity contribution in [2.24, 2.45) is 0 Å². The molecule has 0 amide bonds. The highest BCUT2D eigenvalue weighted by molar-refractivity contribution is 9.10. The van der Waals surface area contributed by atoms with Gasteiger partial charge in [0.25, 0.3) is 5.89 Å². The first-order valence-corrected chi connectivity index (χ1v) is 5.22. The van der Waals surface area contributed by atoms with Gasteiger partial charge < -0.3 is 8.83 Å². The Morgan fingerprint density at radius 1 is 1.20 bits per heavy atom. The average molecular weight is 264 g/mol. The smallest absolute Gasteiger partial charge is 0.263 e. The lowest BCUT2D eigenvalue weighted by Gasteiger charge is -1.86. The third-order valence-corrected chi connectivity index (χ3v) is 2.58. The molecule has 2 heterocycles. The maximum Gasteiger partial charge on any atom is 0.263 e. The van der Waals surface area contributed by atoms with Crippen molar-refractivity contribution < 1.29 is 8.83 Å². The second-order valence-electron chi connectivity index (χ2n) is 3.11. The number of fused-ring (bicyclic) bond motifs is 1. The van der Waals surface area contributed by atoms with Gasteiger partial charge in [0.1, 0.15) is 5.52 Å². The Balaban J connectivity index is 2.22. The van der Waals surface area contributed by atoms with E-state index in [1.807, 2.05) is 24.3 Å². The van der Waals surface area contributed by atoms with E-state index in [9.17, 15) is 0 Å². The molecule has 74 valence electrons. The van der Waals surface area contributed by atoms with Crippen molar-refractivity contribution in [1.82, 2.24) is 4.98 Å². The lowest BCUT2D eigenvalue weighted by atomic mass is 10.3. The zero-order valence-corrected chi connectivity index (χ0v) is 9.19. The van der Waals surface area contributed by atoms with E-state index in [-0.39, 0.29) is 0 Å². The Morgan fingerprint density at radius 2 is 2.13 bits per heavy atom. The van der Waals surface area contributed by atoms with Gasteiger partial charge in [0.15, 0.2) is 11.3 Å². The molecule has 0 saturated carbocycles. The molecule has 0 radical (unpaired) electrons. The number of furan rings is 1. The normalized spacial score (nSPS) is 11.0. The van der Waals surface area contributed by atoms with E-state index in [4.69, 9.17) is 8.83 Å². The number of rotatable bonds is 1. The van der Waals surface area contributed by atoms with Crippen LogP contribution in [0.4, 0.5) is 0 Å². The number of benzene rings is 1. The van der Waals surface area contributed by atoms with E-state index in [0.717, 1.165) is 15.6 Å². The number of nitrogens with zero attached hydrogens (tertiary/aromatic N) is 1. The zero-order chi connectivity index (χ0) is 10.3. The van der Waals surface area contributed by atoms with Crippen molar-refractivity contribution in [2.75, 3.05) is 0 Å². The molecule has 0 atom stereocenters. The van der Waals surface area contributed by atoms with Crippen LogP contribution in [0.1, 0.15) is 0 Å². The van der Waals surface area contributed by atoms with Crippen molar-refractivity contribution >= 4 is 27.0 Å². The highest BCUT2D eigenvalue weighted by Gasteiger charge is 2.09. The minimum absolute atomic E-state index is 0.508. The highest BCUT2D eigenvalue weighted by atomic mass is 79.9. The molecule has 0 bridgehead atoms. The molecule has 0 N–H and O–H groups in total. The SMILES string of the molecule is Brc1ccc2nc(-c3ccco3)oc2c1. The first kappa shape index (κ1) is 8.73. The third kappa shape index (κ3) is 1.47. The molecule has 0 aliphatic heterocycles. The molecule has 3 rings (SSSR count). The Bertz CT molecular complexity index is 598.